The van der Waals surface area contributed by atoms with Crippen molar-refractivity contribution in [3.8, 4) is 11.6 Å². The number of hydrogen-bond acceptors (Lipinski definition) is 4. The van der Waals surface area contributed by atoms with Crippen molar-refractivity contribution in [2.45, 2.75) is 20.3 Å². The Bertz CT molecular complexity index is 585. The molecule has 0 bridgehead atoms. The summed E-state index contributed by atoms with van der Waals surface area (Å²) in [6, 6.07) is 7.77. The van der Waals surface area contributed by atoms with Crippen molar-refractivity contribution in [3.05, 3.63) is 46.4 Å². The monoisotopic (exact) mass is 292 g/mol. The molecule has 0 saturated carbocycles. The molecule has 1 aromatic heterocycles. The van der Waals surface area contributed by atoms with Gasteiger partial charge in [0.25, 0.3) is 5.88 Å². The second-order valence-corrected chi connectivity index (χ2v) is 4.84. The highest BCUT2D eigenvalue weighted by molar-refractivity contribution is 6.30. The first-order valence-corrected chi connectivity index (χ1v) is 6.74. The van der Waals surface area contributed by atoms with E-state index in [-0.39, 0.29) is 5.15 Å². The Hall–Kier alpha value is -1.65. The van der Waals surface area contributed by atoms with Gasteiger partial charge in [-0.1, -0.05) is 23.7 Å². The zero-order valence-corrected chi connectivity index (χ0v) is 12.6. The minimum Gasteiger partial charge on any atom is -0.436 e. The first kappa shape index (κ1) is 14.8. The second kappa shape index (κ2) is 6.68. The molecule has 2 aromatic rings. The third kappa shape index (κ3) is 3.68. The van der Waals surface area contributed by atoms with E-state index in [0.29, 0.717) is 18.2 Å². The second-order valence-electron chi connectivity index (χ2n) is 4.48. The van der Waals surface area contributed by atoms with Gasteiger partial charge >= 0.3 is 0 Å². The fourth-order valence-electron chi connectivity index (χ4n) is 1.68. The van der Waals surface area contributed by atoms with Crippen LogP contribution in [0, 0.1) is 13.8 Å². The van der Waals surface area contributed by atoms with E-state index >= 15 is 0 Å². The molecular weight excluding hydrogens is 276 g/mol. The van der Waals surface area contributed by atoms with Crippen molar-refractivity contribution in [1.82, 2.24) is 9.97 Å². The van der Waals surface area contributed by atoms with E-state index in [9.17, 15) is 0 Å². The number of aryl methyl sites for hydroxylation is 2. The minimum atomic E-state index is 0.275. The topological polar surface area (TPSA) is 44.2 Å². The van der Waals surface area contributed by atoms with Crippen molar-refractivity contribution in [1.29, 1.82) is 0 Å². The zero-order valence-electron chi connectivity index (χ0n) is 11.8. The standard InChI is InChI=1S/C15H17ClN2O2/c1-10-11(2)18-15(14(16)17-10)20-13-6-4-12(5-7-13)8-9-19-3/h4-7H,8-9H2,1-3H3. The molecule has 4 nitrogen and oxygen atoms in total. The van der Waals surface area contributed by atoms with Gasteiger partial charge in [-0.3, -0.25) is 0 Å². The predicted molar refractivity (Wildman–Crippen MR) is 78.6 cm³/mol. The van der Waals surface area contributed by atoms with Crippen molar-refractivity contribution < 1.29 is 9.47 Å². The van der Waals surface area contributed by atoms with Gasteiger partial charge in [0.05, 0.1) is 18.0 Å². The van der Waals surface area contributed by atoms with Crippen LogP contribution in [0.5, 0.6) is 11.6 Å². The Balaban J connectivity index is 2.12. The van der Waals surface area contributed by atoms with Crippen LogP contribution in [-0.4, -0.2) is 23.7 Å². The first-order chi connectivity index (χ1) is 9.60. The molecule has 0 atom stereocenters. The quantitative estimate of drug-likeness (QED) is 0.842. The molecule has 0 N–H and O–H groups in total. The number of benzene rings is 1. The minimum absolute atomic E-state index is 0.275. The van der Waals surface area contributed by atoms with Crippen molar-refractivity contribution in [3.63, 3.8) is 0 Å². The van der Waals surface area contributed by atoms with Crippen molar-refractivity contribution >= 4 is 11.6 Å². The van der Waals surface area contributed by atoms with E-state index in [1.54, 1.807) is 7.11 Å². The summed E-state index contributed by atoms with van der Waals surface area (Å²) in [5.74, 6) is 1.02. The molecule has 0 fully saturated rings. The Morgan fingerprint density at radius 2 is 1.70 bits per heavy atom. The van der Waals surface area contributed by atoms with Gasteiger partial charge in [-0.05, 0) is 38.0 Å². The molecule has 1 heterocycles. The third-order valence-electron chi connectivity index (χ3n) is 2.97. The lowest BCUT2D eigenvalue weighted by Gasteiger charge is -2.09. The lowest BCUT2D eigenvalue weighted by molar-refractivity contribution is 0.202. The molecule has 0 aliphatic rings. The van der Waals surface area contributed by atoms with Gasteiger partial charge in [0.2, 0.25) is 0 Å². The average Bonchev–Trinajstić information content (AvgIpc) is 2.44. The first-order valence-electron chi connectivity index (χ1n) is 6.36. The van der Waals surface area contributed by atoms with E-state index in [4.69, 9.17) is 21.1 Å². The predicted octanol–water partition coefficient (Wildman–Crippen LogP) is 3.73. The molecule has 5 heteroatoms. The Morgan fingerprint density at radius 1 is 1.05 bits per heavy atom. The number of hydrogen-bond donors (Lipinski definition) is 0. The van der Waals surface area contributed by atoms with Gasteiger partial charge in [-0.15, -0.1) is 0 Å². The molecule has 0 spiro atoms. The van der Waals surface area contributed by atoms with Crippen LogP contribution in [-0.2, 0) is 11.2 Å². The largest absolute Gasteiger partial charge is 0.436 e. The normalized spacial score (nSPS) is 10.6. The van der Waals surface area contributed by atoms with Gasteiger partial charge in [-0.25, -0.2) is 9.97 Å². The van der Waals surface area contributed by atoms with Gasteiger partial charge < -0.3 is 9.47 Å². The molecular formula is C15H17ClN2O2. The van der Waals surface area contributed by atoms with E-state index in [1.165, 1.54) is 5.56 Å². The zero-order chi connectivity index (χ0) is 14.5. The van der Waals surface area contributed by atoms with E-state index in [1.807, 2.05) is 38.1 Å². The highest BCUT2D eigenvalue weighted by Gasteiger charge is 2.09. The van der Waals surface area contributed by atoms with E-state index in [0.717, 1.165) is 17.8 Å². The summed E-state index contributed by atoms with van der Waals surface area (Å²) in [7, 11) is 1.69. The maximum Gasteiger partial charge on any atom is 0.257 e. The van der Waals surface area contributed by atoms with Crippen LogP contribution in [0.15, 0.2) is 24.3 Å². The number of nitrogens with zero attached hydrogens (tertiary/aromatic N) is 2. The van der Waals surface area contributed by atoms with Crippen LogP contribution in [0.2, 0.25) is 5.15 Å². The van der Waals surface area contributed by atoms with Gasteiger partial charge in [-0.2, -0.15) is 0 Å². The van der Waals surface area contributed by atoms with E-state index < -0.39 is 0 Å². The molecule has 1 aromatic carbocycles. The van der Waals surface area contributed by atoms with Crippen LogP contribution in [0.4, 0.5) is 0 Å². The van der Waals surface area contributed by atoms with Crippen LogP contribution in [0.3, 0.4) is 0 Å². The van der Waals surface area contributed by atoms with Crippen LogP contribution in [0.25, 0.3) is 0 Å². The summed E-state index contributed by atoms with van der Waals surface area (Å²) in [5.41, 5.74) is 2.80. The summed E-state index contributed by atoms with van der Waals surface area (Å²) < 4.78 is 10.7. The molecule has 0 aliphatic heterocycles. The summed E-state index contributed by atoms with van der Waals surface area (Å²) >= 11 is 6.04. The summed E-state index contributed by atoms with van der Waals surface area (Å²) in [6.07, 6.45) is 0.876. The summed E-state index contributed by atoms with van der Waals surface area (Å²) in [4.78, 5) is 8.49. The fraction of sp³-hybridized carbons (Fsp3) is 0.333. The lowest BCUT2D eigenvalue weighted by atomic mass is 10.1. The van der Waals surface area contributed by atoms with Crippen LogP contribution in [0.1, 0.15) is 17.0 Å². The molecule has 0 saturated heterocycles. The lowest BCUT2D eigenvalue weighted by Crippen LogP contribution is -1.98. The smallest absolute Gasteiger partial charge is 0.257 e. The molecule has 2 rings (SSSR count). The Morgan fingerprint density at radius 3 is 2.35 bits per heavy atom. The van der Waals surface area contributed by atoms with Gasteiger partial charge in [0, 0.05) is 7.11 Å². The third-order valence-corrected chi connectivity index (χ3v) is 3.21. The van der Waals surface area contributed by atoms with Crippen molar-refractivity contribution in [2.24, 2.45) is 0 Å². The highest BCUT2D eigenvalue weighted by Crippen LogP contribution is 2.26. The highest BCUT2D eigenvalue weighted by atomic mass is 35.5. The number of aromatic nitrogens is 2. The number of rotatable bonds is 5. The maximum absolute atomic E-state index is 6.04. The fourth-order valence-corrected chi connectivity index (χ4v) is 1.88. The van der Waals surface area contributed by atoms with E-state index in [2.05, 4.69) is 9.97 Å². The summed E-state index contributed by atoms with van der Waals surface area (Å²) in [5, 5.41) is 0.275. The van der Waals surface area contributed by atoms with Crippen molar-refractivity contribution in [2.75, 3.05) is 13.7 Å². The molecule has 20 heavy (non-hydrogen) atoms. The Kier molecular flexibility index (Phi) is 4.93. The summed E-state index contributed by atoms with van der Waals surface area (Å²) in [6.45, 7) is 4.44. The molecule has 0 amide bonds. The average molecular weight is 293 g/mol. The molecule has 0 radical (unpaired) electrons. The van der Waals surface area contributed by atoms with Crippen LogP contribution < -0.4 is 4.74 Å². The van der Waals surface area contributed by atoms with Gasteiger partial charge in [0.15, 0.2) is 5.15 Å². The number of halogens is 1. The molecule has 0 aliphatic carbocycles. The molecule has 106 valence electrons. The number of methoxy groups -OCH3 is 1. The maximum atomic E-state index is 6.04. The Labute approximate surface area is 123 Å². The molecule has 0 unspecified atom stereocenters. The SMILES string of the molecule is COCCc1ccc(Oc2nc(C)c(C)nc2Cl)cc1. The number of ether oxygens (including phenoxy) is 2. The van der Waals surface area contributed by atoms with Gasteiger partial charge in [0.1, 0.15) is 5.75 Å². The van der Waals surface area contributed by atoms with Crippen LogP contribution >= 0.6 is 11.6 Å².